The van der Waals surface area contributed by atoms with Crippen LogP contribution in [-0.4, -0.2) is 8.76 Å². The molecule has 0 N–H and O–H groups in total. The monoisotopic (exact) mass is 246 g/mol. The van der Waals surface area contributed by atoms with Crippen molar-refractivity contribution in [2.45, 2.75) is 5.75 Å². The quantitative estimate of drug-likeness (QED) is 0.516. The van der Waals surface area contributed by atoms with Gasteiger partial charge >= 0.3 is 29.6 Å². The molecule has 0 fully saturated rings. The maximum Gasteiger partial charge on any atom is 1.00 e. The zero-order valence-electron chi connectivity index (χ0n) is 6.92. The van der Waals surface area contributed by atoms with Crippen molar-refractivity contribution in [3.63, 3.8) is 0 Å². The van der Waals surface area contributed by atoms with Crippen LogP contribution in [0.1, 0.15) is 5.56 Å². The summed E-state index contributed by atoms with van der Waals surface area (Å²) in [5.74, 6) is -0.140. The fraction of sp³-hybridized carbons (Fsp3) is 0.143. The molecule has 0 aliphatic rings. The standard InChI is InChI=1S/C7H6Cl2O2S.Na/c8-6-2-1-3-7(9)5(6)4-12(10)11;/h1-3H,4H2,(H,10,11);/q;+1/p-1. The van der Waals surface area contributed by atoms with Gasteiger partial charge < -0.3 is 4.55 Å². The van der Waals surface area contributed by atoms with E-state index in [2.05, 4.69) is 0 Å². The van der Waals surface area contributed by atoms with Crippen molar-refractivity contribution in [1.29, 1.82) is 0 Å². The first-order valence-corrected chi connectivity index (χ1v) is 5.10. The van der Waals surface area contributed by atoms with E-state index in [1.807, 2.05) is 0 Å². The Labute approximate surface area is 111 Å². The van der Waals surface area contributed by atoms with Gasteiger partial charge in [-0.15, -0.1) is 0 Å². The summed E-state index contributed by atoms with van der Waals surface area (Å²) < 4.78 is 20.7. The van der Waals surface area contributed by atoms with Crippen molar-refractivity contribution in [3.05, 3.63) is 33.8 Å². The summed E-state index contributed by atoms with van der Waals surface area (Å²) in [7, 11) is 0. The molecule has 1 rings (SSSR count). The summed E-state index contributed by atoms with van der Waals surface area (Å²) >= 11 is 9.28. The van der Waals surface area contributed by atoms with Crippen LogP contribution in [0.3, 0.4) is 0 Å². The summed E-state index contributed by atoms with van der Waals surface area (Å²) in [6.45, 7) is 0. The molecule has 0 aliphatic carbocycles. The molecular formula is C7H5Cl2NaO2S. The Morgan fingerprint density at radius 1 is 1.31 bits per heavy atom. The molecule has 0 heterocycles. The summed E-state index contributed by atoms with van der Waals surface area (Å²) in [6, 6.07) is 4.88. The molecule has 1 aromatic rings. The predicted molar refractivity (Wildman–Crippen MR) is 49.1 cm³/mol. The van der Waals surface area contributed by atoms with Crippen LogP contribution in [0.25, 0.3) is 0 Å². The predicted octanol–water partition coefficient (Wildman–Crippen LogP) is -0.623. The van der Waals surface area contributed by atoms with Gasteiger partial charge in [0.25, 0.3) is 0 Å². The van der Waals surface area contributed by atoms with Crippen LogP contribution in [0.15, 0.2) is 18.2 Å². The van der Waals surface area contributed by atoms with Gasteiger partial charge in [-0.1, -0.05) is 40.3 Å². The van der Waals surface area contributed by atoms with Gasteiger partial charge in [-0.2, -0.15) is 0 Å². The number of rotatable bonds is 2. The molecule has 66 valence electrons. The minimum atomic E-state index is -2.16. The van der Waals surface area contributed by atoms with Crippen LogP contribution in [0.5, 0.6) is 0 Å². The number of benzene rings is 1. The Bertz CT molecular complexity index is 299. The van der Waals surface area contributed by atoms with Gasteiger partial charge in [-0.25, -0.2) is 0 Å². The largest absolute Gasteiger partial charge is 1.00 e. The van der Waals surface area contributed by atoms with Crippen molar-refractivity contribution in [2.24, 2.45) is 0 Å². The van der Waals surface area contributed by atoms with Crippen LogP contribution in [0.2, 0.25) is 10.0 Å². The fourth-order valence-corrected chi connectivity index (χ4v) is 2.02. The van der Waals surface area contributed by atoms with E-state index < -0.39 is 11.1 Å². The van der Waals surface area contributed by atoms with E-state index in [0.717, 1.165) is 0 Å². The van der Waals surface area contributed by atoms with E-state index in [1.165, 1.54) is 0 Å². The SMILES string of the molecule is O=S([O-])Cc1c(Cl)cccc1Cl.[Na+]. The normalized spacial score (nSPS) is 11.9. The van der Waals surface area contributed by atoms with Gasteiger partial charge in [0, 0.05) is 21.4 Å². The van der Waals surface area contributed by atoms with E-state index >= 15 is 0 Å². The van der Waals surface area contributed by atoms with Gasteiger partial charge in [0.2, 0.25) is 0 Å². The van der Waals surface area contributed by atoms with E-state index in [9.17, 15) is 8.76 Å². The molecule has 0 saturated heterocycles. The van der Waals surface area contributed by atoms with Crippen molar-refractivity contribution in [3.8, 4) is 0 Å². The fourth-order valence-electron chi connectivity index (χ4n) is 0.788. The molecule has 1 aromatic carbocycles. The molecule has 0 radical (unpaired) electrons. The zero-order chi connectivity index (χ0) is 9.14. The molecule has 0 spiro atoms. The topological polar surface area (TPSA) is 40.1 Å². The summed E-state index contributed by atoms with van der Waals surface area (Å²) in [4.78, 5) is 0. The van der Waals surface area contributed by atoms with E-state index in [0.29, 0.717) is 15.6 Å². The second-order valence-corrected chi connectivity index (χ2v) is 3.86. The maximum absolute atomic E-state index is 10.4. The van der Waals surface area contributed by atoms with Crippen molar-refractivity contribution in [1.82, 2.24) is 0 Å². The third kappa shape index (κ3) is 4.30. The average Bonchev–Trinajstić information content (AvgIpc) is 1.97. The summed E-state index contributed by atoms with van der Waals surface area (Å²) in [6.07, 6.45) is 0. The first-order chi connectivity index (χ1) is 5.61. The van der Waals surface area contributed by atoms with Gasteiger partial charge in [-0.05, 0) is 12.1 Å². The second kappa shape index (κ2) is 6.40. The second-order valence-electron chi connectivity index (χ2n) is 2.15. The van der Waals surface area contributed by atoms with Crippen molar-refractivity contribution >= 4 is 34.3 Å². The number of hydrogen-bond acceptors (Lipinski definition) is 2. The molecular weight excluding hydrogens is 242 g/mol. The Hall–Kier alpha value is 0.910. The van der Waals surface area contributed by atoms with Crippen LogP contribution < -0.4 is 29.6 Å². The van der Waals surface area contributed by atoms with Crippen molar-refractivity contribution < 1.29 is 38.3 Å². The smallest absolute Gasteiger partial charge is 0.772 e. The molecule has 0 aromatic heterocycles. The molecule has 0 aliphatic heterocycles. The molecule has 6 heteroatoms. The average molecular weight is 247 g/mol. The van der Waals surface area contributed by atoms with E-state index in [-0.39, 0.29) is 35.3 Å². The third-order valence-electron chi connectivity index (χ3n) is 1.32. The van der Waals surface area contributed by atoms with E-state index in [1.54, 1.807) is 18.2 Å². The maximum atomic E-state index is 10.4. The van der Waals surface area contributed by atoms with Gasteiger partial charge in [0.15, 0.2) is 0 Å². The molecule has 1 unspecified atom stereocenters. The molecule has 13 heavy (non-hydrogen) atoms. The van der Waals surface area contributed by atoms with Gasteiger partial charge in [-0.3, -0.25) is 4.21 Å². The van der Waals surface area contributed by atoms with Gasteiger partial charge in [0.05, 0.1) is 0 Å². The number of hydrogen-bond donors (Lipinski definition) is 0. The molecule has 0 saturated carbocycles. The Balaban J connectivity index is 0.00000144. The van der Waals surface area contributed by atoms with Gasteiger partial charge in [0.1, 0.15) is 0 Å². The molecule has 0 bridgehead atoms. The molecule has 0 amide bonds. The molecule has 2 nitrogen and oxygen atoms in total. The van der Waals surface area contributed by atoms with Crippen LogP contribution >= 0.6 is 23.2 Å². The Kier molecular flexibility index (Phi) is 6.85. The minimum Gasteiger partial charge on any atom is -0.772 e. The van der Waals surface area contributed by atoms with Crippen molar-refractivity contribution in [2.75, 3.05) is 0 Å². The minimum absolute atomic E-state index is 0. The van der Waals surface area contributed by atoms with Crippen LogP contribution in [0.4, 0.5) is 0 Å². The van der Waals surface area contributed by atoms with E-state index in [4.69, 9.17) is 23.2 Å². The van der Waals surface area contributed by atoms with Crippen LogP contribution in [0, 0.1) is 0 Å². The Morgan fingerprint density at radius 3 is 2.15 bits per heavy atom. The number of halogens is 2. The first kappa shape index (κ1) is 13.9. The Morgan fingerprint density at radius 2 is 1.77 bits per heavy atom. The first-order valence-electron chi connectivity index (χ1n) is 3.10. The summed E-state index contributed by atoms with van der Waals surface area (Å²) in [5, 5.41) is 0.762. The summed E-state index contributed by atoms with van der Waals surface area (Å²) in [5.41, 5.74) is 0.453. The molecule has 1 atom stereocenters. The third-order valence-corrected chi connectivity index (χ3v) is 2.56. The zero-order valence-corrected chi connectivity index (χ0v) is 11.2. The van der Waals surface area contributed by atoms with Crippen LogP contribution in [-0.2, 0) is 16.8 Å².